The zero-order valence-corrected chi connectivity index (χ0v) is 18.0. The molecule has 34 heavy (non-hydrogen) atoms. The van der Waals surface area contributed by atoms with Gasteiger partial charge in [0.15, 0.2) is 0 Å². The first-order chi connectivity index (χ1) is 16.1. The van der Waals surface area contributed by atoms with Gasteiger partial charge < -0.3 is 20.3 Å². The molecule has 0 radical (unpaired) electrons. The lowest BCUT2D eigenvalue weighted by Gasteiger charge is -2.29. The Bertz CT molecular complexity index is 1130. The molecule has 11 heteroatoms. The number of nitrogens with zero attached hydrogens (tertiary/aromatic N) is 1. The first kappa shape index (κ1) is 24.7. The highest BCUT2D eigenvalue weighted by Gasteiger charge is 2.34. The number of amides is 3. The molecule has 1 aliphatic rings. The monoisotopic (exact) mass is 479 g/mol. The summed E-state index contributed by atoms with van der Waals surface area (Å²) in [6.07, 6.45) is -2.94. The van der Waals surface area contributed by atoms with Gasteiger partial charge in [0.25, 0.3) is 0 Å². The van der Waals surface area contributed by atoms with E-state index in [-0.39, 0.29) is 35.9 Å². The second-order valence-electron chi connectivity index (χ2n) is 7.45. The number of benzene rings is 2. The van der Waals surface area contributed by atoms with Crippen LogP contribution >= 0.6 is 0 Å². The maximum Gasteiger partial charge on any atom is 0.419 e. The summed E-state index contributed by atoms with van der Waals surface area (Å²) in [5.74, 6) is -2.10. The zero-order valence-electron chi connectivity index (χ0n) is 18.0. The third kappa shape index (κ3) is 5.91. The van der Waals surface area contributed by atoms with Crippen LogP contribution in [0.5, 0.6) is 11.5 Å². The van der Waals surface area contributed by atoms with E-state index in [1.165, 1.54) is 7.05 Å². The third-order valence-electron chi connectivity index (χ3n) is 5.21. The molecule has 0 aliphatic carbocycles. The zero-order chi connectivity index (χ0) is 24.9. The first-order valence-corrected chi connectivity index (χ1v) is 10.2. The fraction of sp³-hybridized carbons (Fsp3) is 0.261. The minimum absolute atomic E-state index is 0.0896. The van der Waals surface area contributed by atoms with Gasteiger partial charge in [-0.05, 0) is 41.8 Å². The van der Waals surface area contributed by atoms with Crippen molar-refractivity contribution in [2.75, 3.05) is 13.6 Å². The summed E-state index contributed by atoms with van der Waals surface area (Å²) in [7, 11) is 1.41. The topological polar surface area (TPSA) is 87.7 Å². The molecule has 0 saturated heterocycles. The number of hydrogen-bond donors (Lipinski definition) is 2. The van der Waals surface area contributed by atoms with Gasteiger partial charge in [-0.3, -0.25) is 14.4 Å². The van der Waals surface area contributed by atoms with Crippen molar-refractivity contribution in [3.05, 3.63) is 70.7 Å². The molecule has 3 amide bonds. The Hall–Kier alpha value is -3.89. The highest BCUT2D eigenvalue weighted by molar-refractivity contribution is 5.98. The molecule has 0 fully saturated rings. The lowest BCUT2D eigenvalue weighted by Crippen LogP contribution is -2.37. The highest BCUT2D eigenvalue weighted by atomic mass is 19.4. The molecule has 0 aromatic heterocycles. The summed E-state index contributed by atoms with van der Waals surface area (Å²) in [6.45, 7) is 0.632. The van der Waals surface area contributed by atoms with Crippen LogP contribution < -0.4 is 15.4 Å². The van der Waals surface area contributed by atoms with Crippen molar-refractivity contribution in [2.45, 2.75) is 25.6 Å². The molecular formula is C23H21F4N3O4. The molecule has 0 saturated carbocycles. The largest absolute Gasteiger partial charge is 0.457 e. The Balaban J connectivity index is 1.73. The van der Waals surface area contributed by atoms with Crippen molar-refractivity contribution >= 4 is 18.2 Å². The van der Waals surface area contributed by atoms with Gasteiger partial charge >= 0.3 is 6.18 Å². The molecule has 180 valence electrons. The van der Waals surface area contributed by atoms with E-state index in [9.17, 15) is 31.9 Å². The first-order valence-electron chi connectivity index (χ1n) is 10.2. The molecule has 2 N–H and O–H groups in total. The Kier molecular flexibility index (Phi) is 7.54. The quantitative estimate of drug-likeness (QED) is 0.363. The summed E-state index contributed by atoms with van der Waals surface area (Å²) in [6, 6.07) is 7.33. The number of likely N-dealkylation sites (N-methyl/N-ethyl adjacent to an activating group) is 1. The van der Waals surface area contributed by atoms with E-state index in [4.69, 9.17) is 4.74 Å². The van der Waals surface area contributed by atoms with Crippen molar-refractivity contribution < 1.29 is 36.7 Å². The molecular weight excluding hydrogens is 458 g/mol. The summed E-state index contributed by atoms with van der Waals surface area (Å²) in [5.41, 5.74) is 0.417. The Labute approximate surface area is 192 Å². The lowest BCUT2D eigenvalue weighted by atomic mass is 9.98. The smallest absolute Gasteiger partial charge is 0.419 e. The minimum Gasteiger partial charge on any atom is -0.457 e. The molecule has 7 nitrogen and oxygen atoms in total. The molecule has 2 aromatic rings. The second-order valence-corrected chi connectivity index (χ2v) is 7.45. The summed E-state index contributed by atoms with van der Waals surface area (Å²) < 4.78 is 57.6. The fourth-order valence-corrected chi connectivity index (χ4v) is 3.50. The molecule has 1 heterocycles. The van der Waals surface area contributed by atoms with E-state index < -0.39 is 23.5 Å². The number of halogens is 4. The van der Waals surface area contributed by atoms with Crippen molar-refractivity contribution in [1.29, 1.82) is 0 Å². The normalized spacial score (nSPS) is 13.7. The number of hydrogen-bond acceptors (Lipinski definition) is 4. The van der Waals surface area contributed by atoms with Gasteiger partial charge in [0.2, 0.25) is 18.2 Å². The van der Waals surface area contributed by atoms with Crippen LogP contribution in [0.1, 0.15) is 23.1 Å². The number of nitrogens with one attached hydrogen (secondary N) is 2. The van der Waals surface area contributed by atoms with E-state index >= 15 is 0 Å². The van der Waals surface area contributed by atoms with Crippen molar-refractivity contribution in [2.24, 2.45) is 0 Å². The molecule has 0 unspecified atom stereocenters. The van der Waals surface area contributed by atoms with Gasteiger partial charge in [-0.25, -0.2) is 4.39 Å². The molecule has 1 aliphatic heterocycles. The number of ether oxygens (including phenoxy) is 1. The molecule has 0 spiro atoms. The van der Waals surface area contributed by atoms with E-state index in [1.807, 2.05) is 0 Å². The number of carbonyl (C=O) groups excluding carboxylic acids is 3. The van der Waals surface area contributed by atoms with Gasteiger partial charge in [-0.15, -0.1) is 0 Å². The van der Waals surface area contributed by atoms with E-state index in [0.717, 1.165) is 23.4 Å². The van der Waals surface area contributed by atoms with Crippen molar-refractivity contribution in [1.82, 2.24) is 15.5 Å². The van der Waals surface area contributed by atoms with Gasteiger partial charge in [0, 0.05) is 38.0 Å². The average Bonchev–Trinajstić information content (AvgIpc) is 2.79. The second kappa shape index (κ2) is 10.4. The number of carbonyl (C=O) groups is 3. The van der Waals surface area contributed by atoms with Crippen LogP contribution in [0.3, 0.4) is 0 Å². The van der Waals surface area contributed by atoms with Crippen LogP contribution in [0.15, 0.2) is 48.2 Å². The maximum atomic E-state index is 13.8. The van der Waals surface area contributed by atoms with Gasteiger partial charge in [0.05, 0.1) is 12.0 Å². The van der Waals surface area contributed by atoms with Gasteiger partial charge in [-0.2, -0.15) is 13.2 Å². The van der Waals surface area contributed by atoms with Crippen LogP contribution in [0.25, 0.3) is 0 Å². The summed E-state index contributed by atoms with van der Waals surface area (Å²) in [5, 5.41) is 4.66. The Morgan fingerprint density at radius 3 is 2.47 bits per heavy atom. The summed E-state index contributed by atoms with van der Waals surface area (Å²) in [4.78, 5) is 36.8. The van der Waals surface area contributed by atoms with Crippen LogP contribution in [-0.4, -0.2) is 36.7 Å². The van der Waals surface area contributed by atoms with E-state index in [1.54, 1.807) is 23.1 Å². The van der Waals surface area contributed by atoms with E-state index in [0.29, 0.717) is 31.5 Å². The number of rotatable bonds is 7. The van der Waals surface area contributed by atoms with Crippen LogP contribution in [-0.2, 0) is 33.5 Å². The molecule has 3 rings (SSSR count). The van der Waals surface area contributed by atoms with Gasteiger partial charge in [0.1, 0.15) is 17.3 Å². The lowest BCUT2D eigenvalue weighted by molar-refractivity contribution is -0.140. The molecule has 2 aromatic carbocycles. The molecule has 0 bridgehead atoms. The Morgan fingerprint density at radius 2 is 1.82 bits per heavy atom. The Morgan fingerprint density at radius 1 is 1.12 bits per heavy atom. The number of fused-ring (bicyclic) bond motifs is 1. The van der Waals surface area contributed by atoms with Crippen LogP contribution in [0, 0.1) is 5.82 Å². The molecule has 0 atom stereocenters. The fourth-order valence-electron chi connectivity index (χ4n) is 3.50. The van der Waals surface area contributed by atoms with Gasteiger partial charge in [-0.1, -0.05) is 6.07 Å². The summed E-state index contributed by atoms with van der Waals surface area (Å²) >= 11 is 0. The van der Waals surface area contributed by atoms with Crippen molar-refractivity contribution in [3.8, 4) is 11.5 Å². The predicted molar refractivity (Wildman–Crippen MR) is 113 cm³/mol. The average molecular weight is 479 g/mol. The third-order valence-corrected chi connectivity index (χ3v) is 5.21. The predicted octanol–water partition coefficient (Wildman–Crippen LogP) is 3.29. The minimum atomic E-state index is -4.80. The number of alkyl halides is 3. The highest BCUT2D eigenvalue weighted by Crippen LogP contribution is 2.34. The van der Waals surface area contributed by atoms with Crippen LogP contribution in [0.2, 0.25) is 0 Å². The standard InChI is InChI=1S/C23H21F4N3O4/c1-28-22(33)15(11-29-13-31)9-21(32)30-7-6-14-2-3-17(8-16(14)12-30)34-18-4-5-19(20(24)10-18)23(25,26)27/h2-5,8,10-11,13H,6-7,9,12H2,1H3,(H,28,33)(H,29,31)/b15-11-. The SMILES string of the molecule is CNC(=O)/C(=C\NC=O)CC(=O)N1CCc2ccc(Oc3ccc(C(F)(F)F)c(F)c3)cc2C1. The van der Waals surface area contributed by atoms with Crippen molar-refractivity contribution in [3.63, 3.8) is 0 Å². The van der Waals surface area contributed by atoms with Crippen LogP contribution in [0.4, 0.5) is 17.6 Å². The maximum absolute atomic E-state index is 13.8. The van der Waals surface area contributed by atoms with E-state index in [2.05, 4.69) is 10.6 Å².